The first-order chi connectivity index (χ1) is 14.7. The molecule has 3 saturated heterocycles. The number of ether oxygens (including phenoxy) is 5. The van der Waals surface area contributed by atoms with Crippen molar-refractivity contribution in [3.63, 3.8) is 0 Å². The van der Waals surface area contributed by atoms with Gasteiger partial charge in [-0.3, -0.25) is 0 Å². The average molecular weight is 433 g/mol. The molecule has 3 aliphatic heterocycles. The lowest BCUT2D eigenvalue weighted by Crippen LogP contribution is -2.60. The summed E-state index contributed by atoms with van der Waals surface area (Å²) >= 11 is 0. The summed E-state index contributed by atoms with van der Waals surface area (Å²) in [5.74, 6) is 0.272. The maximum Gasteiger partial charge on any atom is 0.165 e. The van der Waals surface area contributed by atoms with Crippen LogP contribution in [0.3, 0.4) is 0 Å². The largest absolute Gasteiger partial charge is 0.373 e. The molecule has 0 amide bonds. The van der Waals surface area contributed by atoms with Crippen LogP contribution in [0.4, 0.5) is 0 Å². The lowest BCUT2D eigenvalue weighted by atomic mass is 9.76. The molecular formula is C26H40O5. The Morgan fingerprint density at radius 2 is 1.58 bits per heavy atom. The monoisotopic (exact) mass is 432 g/mol. The van der Waals surface area contributed by atoms with E-state index in [4.69, 9.17) is 23.7 Å². The van der Waals surface area contributed by atoms with Crippen molar-refractivity contribution in [2.24, 2.45) is 23.2 Å². The van der Waals surface area contributed by atoms with Gasteiger partial charge in [0.1, 0.15) is 0 Å². The second kappa shape index (κ2) is 9.11. The lowest BCUT2D eigenvalue weighted by molar-refractivity contribution is -0.344. The molecule has 0 N–H and O–H groups in total. The molecule has 5 nitrogen and oxygen atoms in total. The standard InChI is InChI=1S/C26H40O5/c1-17-21(12-13-26(6)28-15-25(4,5)16-29-26)30-24-19(3)22(18(2)23(17)31-24)27-14-20-10-8-7-9-11-20/h7-11,17-19,21-24H,12-16H2,1-6H3/t17-,18-,19+,21+,22+,23-,24-/m1/s1. The highest BCUT2D eigenvalue weighted by atomic mass is 16.7. The first kappa shape index (κ1) is 23.2. The molecule has 0 aromatic heterocycles. The van der Waals surface area contributed by atoms with Gasteiger partial charge in [0, 0.05) is 29.6 Å². The van der Waals surface area contributed by atoms with E-state index in [1.807, 2.05) is 6.07 Å². The summed E-state index contributed by atoms with van der Waals surface area (Å²) in [6.07, 6.45) is 1.92. The molecule has 5 heteroatoms. The van der Waals surface area contributed by atoms with Crippen LogP contribution in [0.5, 0.6) is 0 Å². The molecular weight excluding hydrogens is 392 g/mol. The Balaban J connectivity index is 1.35. The fourth-order valence-electron chi connectivity index (χ4n) is 5.22. The van der Waals surface area contributed by atoms with Gasteiger partial charge in [0.2, 0.25) is 0 Å². The predicted molar refractivity (Wildman–Crippen MR) is 119 cm³/mol. The van der Waals surface area contributed by atoms with Crippen LogP contribution in [0.2, 0.25) is 0 Å². The molecule has 4 rings (SSSR count). The van der Waals surface area contributed by atoms with E-state index in [0.717, 1.165) is 26.1 Å². The van der Waals surface area contributed by atoms with E-state index in [9.17, 15) is 0 Å². The van der Waals surface area contributed by atoms with Gasteiger partial charge in [-0.15, -0.1) is 0 Å². The second-order valence-corrected chi connectivity index (χ2v) is 10.9. The third kappa shape index (κ3) is 5.17. The Labute approximate surface area is 187 Å². The number of fused-ring (bicyclic) bond motifs is 2. The van der Waals surface area contributed by atoms with Crippen molar-refractivity contribution < 1.29 is 23.7 Å². The van der Waals surface area contributed by atoms with Crippen molar-refractivity contribution in [1.29, 1.82) is 0 Å². The van der Waals surface area contributed by atoms with Crippen LogP contribution in [0.15, 0.2) is 30.3 Å². The maximum absolute atomic E-state index is 6.48. The van der Waals surface area contributed by atoms with Gasteiger partial charge >= 0.3 is 0 Å². The fraction of sp³-hybridized carbons (Fsp3) is 0.769. The van der Waals surface area contributed by atoms with Gasteiger partial charge in [0.25, 0.3) is 0 Å². The molecule has 1 aromatic rings. The normalized spacial score (nSPS) is 39.2. The molecule has 174 valence electrons. The smallest absolute Gasteiger partial charge is 0.165 e. The van der Waals surface area contributed by atoms with E-state index in [1.165, 1.54) is 5.56 Å². The molecule has 0 saturated carbocycles. The molecule has 7 atom stereocenters. The minimum absolute atomic E-state index is 0.0820. The van der Waals surface area contributed by atoms with Crippen molar-refractivity contribution in [1.82, 2.24) is 0 Å². The fourth-order valence-corrected chi connectivity index (χ4v) is 5.22. The number of hydrogen-bond acceptors (Lipinski definition) is 5. The van der Waals surface area contributed by atoms with Gasteiger partial charge < -0.3 is 23.7 Å². The molecule has 0 radical (unpaired) electrons. The van der Waals surface area contributed by atoms with Gasteiger partial charge in [-0.25, -0.2) is 0 Å². The Morgan fingerprint density at radius 1 is 0.903 bits per heavy atom. The van der Waals surface area contributed by atoms with Crippen LogP contribution in [0.1, 0.15) is 59.9 Å². The molecule has 3 heterocycles. The Kier molecular flexibility index (Phi) is 6.81. The topological polar surface area (TPSA) is 46.2 Å². The van der Waals surface area contributed by atoms with Gasteiger partial charge in [0.05, 0.1) is 38.1 Å². The summed E-state index contributed by atoms with van der Waals surface area (Å²) in [5, 5.41) is 0. The van der Waals surface area contributed by atoms with E-state index in [1.54, 1.807) is 0 Å². The van der Waals surface area contributed by atoms with Crippen LogP contribution in [0, 0.1) is 23.2 Å². The number of rotatable bonds is 6. The Bertz CT molecular complexity index is 710. The third-order valence-corrected chi connectivity index (χ3v) is 7.39. The van der Waals surface area contributed by atoms with Crippen molar-refractivity contribution in [3.8, 4) is 0 Å². The summed E-state index contributed by atoms with van der Waals surface area (Å²) < 4.78 is 31.4. The van der Waals surface area contributed by atoms with E-state index in [0.29, 0.717) is 18.4 Å². The van der Waals surface area contributed by atoms with Crippen molar-refractivity contribution in [2.75, 3.05) is 13.2 Å². The molecule has 1 aromatic carbocycles. The van der Waals surface area contributed by atoms with E-state index in [-0.39, 0.29) is 35.9 Å². The van der Waals surface area contributed by atoms with E-state index < -0.39 is 5.79 Å². The molecule has 0 unspecified atom stereocenters. The van der Waals surface area contributed by atoms with Crippen molar-refractivity contribution in [3.05, 3.63) is 35.9 Å². The van der Waals surface area contributed by atoms with E-state index in [2.05, 4.69) is 65.8 Å². The van der Waals surface area contributed by atoms with Crippen molar-refractivity contribution in [2.45, 2.75) is 91.4 Å². The van der Waals surface area contributed by atoms with Gasteiger partial charge in [-0.05, 0) is 18.9 Å². The summed E-state index contributed by atoms with van der Waals surface area (Å²) in [4.78, 5) is 0. The molecule has 0 aliphatic carbocycles. The summed E-state index contributed by atoms with van der Waals surface area (Å²) in [5.41, 5.74) is 1.29. The van der Waals surface area contributed by atoms with Crippen LogP contribution < -0.4 is 0 Å². The van der Waals surface area contributed by atoms with Gasteiger partial charge in [-0.2, -0.15) is 0 Å². The second-order valence-electron chi connectivity index (χ2n) is 10.9. The molecule has 31 heavy (non-hydrogen) atoms. The lowest BCUT2D eigenvalue weighted by Gasteiger charge is -2.53. The van der Waals surface area contributed by atoms with Crippen LogP contribution in [0.25, 0.3) is 0 Å². The van der Waals surface area contributed by atoms with Crippen LogP contribution in [-0.4, -0.2) is 43.6 Å². The quantitative estimate of drug-likeness (QED) is 0.620. The number of benzene rings is 1. The highest BCUT2D eigenvalue weighted by Gasteiger charge is 2.51. The zero-order valence-corrected chi connectivity index (χ0v) is 20.0. The SMILES string of the molecule is C[C@@H]1[C@H](OCc2ccccc2)[C@H](C)[C@H]2O[C@@H]1[C@H](C)[C@H](CCC1(C)OCC(C)(C)CO1)O2. The first-order valence-corrected chi connectivity index (χ1v) is 11.9. The van der Waals surface area contributed by atoms with Gasteiger partial charge in [0.15, 0.2) is 12.1 Å². The molecule has 3 aliphatic rings. The summed E-state index contributed by atoms with van der Waals surface area (Å²) in [6, 6.07) is 10.4. The molecule has 2 bridgehead atoms. The molecule has 0 spiro atoms. The van der Waals surface area contributed by atoms with Crippen LogP contribution >= 0.6 is 0 Å². The maximum atomic E-state index is 6.48. The summed E-state index contributed by atoms with van der Waals surface area (Å²) in [6.45, 7) is 15.2. The first-order valence-electron chi connectivity index (χ1n) is 11.9. The van der Waals surface area contributed by atoms with Gasteiger partial charge in [-0.1, -0.05) is 65.0 Å². The van der Waals surface area contributed by atoms with Crippen LogP contribution in [-0.2, 0) is 30.3 Å². The van der Waals surface area contributed by atoms with E-state index >= 15 is 0 Å². The minimum atomic E-state index is -0.523. The van der Waals surface area contributed by atoms with Crippen molar-refractivity contribution >= 4 is 0 Å². The minimum Gasteiger partial charge on any atom is -0.373 e. The third-order valence-electron chi connectivity index (χ3n) is 7.39. The number of hydrogen-bond donors (Lipinski definition) is 0. The summed E-state index contributed by atoms with van der Waals surface area (Å²) in [7, 11) is 0. The Hall–Kier alpha value is -0.980. The highest BCUT2D eigenvalue weighted by molar-refractivity contribution is 5.13. The zero-order valence-electron chi connectivity index (χ0n) is 20.0. The predicted octanol–water partition coefficient (Wildman–Crippen LogP) is 5.17. The highest BCUT2D eigenvalue weighted by Crippen LogP contribution is 2.44. The zero-order chi connectivity index (χ0) is 22.2. The average Bonchev–Trinajstić information content (AvgIpc) is 2.75. The Morgan fingerprint density at radius 3 is 2.26 bits per heavy atom. The molecule has 3 fully saturated rings.